The Labute approximate surface area is 129 Å². The second-order valence-corrected chi connectivity index (χ2v) is 5.85. The van der Waals surface area contributed by atoms with Crippen LogP contribution in [-0.2, 0) is 6.42 Å². The topological polar surface area (TPSA) is 42.1 Å². The third kappa shape index (κ3) is 3.81. The van der Waals surface area contributed by atoms with E-state index in [-0.39, 0.29) is 6.04 Å². The molecule has 2 aromatic rings. The van der Waals surface area contributed by atoms with Crippen LogP contribution >= 0.6 is 15.9 Å². The van der Waals surface area contributed by atoms with Gasteiger partial charge in [-0.3, -0.25) is 4.98 Å². The SMILES string of the molecule is CC(N)c1ccc(N(C)CCc2ccccn2)c(Br)c1. The largest absolute Gasteiger partial charge is 0.373 e. The predicted octanol–water partition coefficient (Wildman–Crippen LogP) is 3.54. The molecule has 4 heteroatoms. The maximum Gasteiger partial charge on any atom is 0.0508 e. The number of hydrogen-bond acceptors (Lipinski definition) is 3. The molecule has 106 valence electrons. The van der Waals surface area contributed by atoms with Crippen LogP contribution in [0.25, 0.3) is 0 Å². The van der Waals surface area contributed by atoms with E-state index in [1.165, 1.54) is 5.69 Å². The van der Waals surface area contributed by atoms with Gasteiger partial charge in [-0.1, -0.05) is 12.1 Å². The summed E-state index contributed by atoms with van der Waals surface area (Å²) in [5.41, 5.74) is 9.32. The zero-order valence-corrected chi connectivity index (χ0v) is 13.5. The Morgan fingerprint density at radius 1 is 1.30 bits per heavy atom. The summed E-state index contributed by atoms with van der Waals surface area (Å²) in [5.74, 6) is 0. The van der Waals surface area contributed by atoms with Crippen LogP contribution < -0.4 is 10.6 Å². The van der Waals surface area contributed by atoms with E-state index in [0.29, 0.717) is 0 Å². The van der Waals surface area contributed by atoms with Gasteiger partial charge in [-0.15, -0.1) is 0 Å². The molecule has 0 fully saturated rings. The smallest absolute Gasteiger partial charge is 0.0508 e. The van der Waals surface area contributed by atoms with E-state index in [0.717, 1.165) is 28.7 Å². The molecule has 1 atom stereocenters. The molecule has 0 aliphatic rings. The molecule has 2 N–H and O–H groups in total. The molecule has 3 nitrogen and oxygen atoms in total. The molecule has 0 saturated carbocycles. The first-order valence-electron chi connectivity index (χ1n) is 6.74. The standard InChI is InChI=1S/C16H20BrN3/c1-12(18)13-6-7-16(15(17)11-13)20(2)10-8-14-5-3-4-9-19-14/h3-7,9,11-12H,8,10,18H2,1-2H3. The summed E-state index contributed by atoms with van der Waals surface area (Å²) in [4.78, 5) is 6.58. The van der Waals surface area contributed by atoms with Crippen molar-refractivity contribution in [2.75, 3.05) is 18.5 Å². The Kier molecular flexibility index (Phi) is 5.15. The minimum Gasteiger partial charge on any atom is -0.373 e. The molecule has 0 aliphatic carbocycles. The minimum atomic E-state index is 0.0548. The molecule has 0 saturated heterocycles. The van der Waals surface area contributed by atoms with E-state index in [1.807, 2.05) is 25.3 Å². The van der Waals surface area contributed by atoms with E-state index in [2.05, 4.69) is 57.1 Å². The molecule has 0 radical (unpaired) electrons. The van der Waals surface area contributed by atoms with Gasteiger partial charge in [-0.25, -0.2) is 0 Å². The van der Waals surface area contributed by atoms with Crippen molar-refractivity contribution in [3.63, 3.8) is 0 Å². The van der Waals surface area contributed by atoms with Gasteiger partial charge in [0, 0.05) is 42.4 Å². The van der Waals surface area contributed by atoms with Crippen molar-refractivity contribution < 1.29 is 0 Å². The Bertz CT molecular complexity index is 555. The predicted molar refractivity (Wildman–Crippen MR) is 88.0 cm³/mol. The zero-order chi connectivity index (χ0) is 14.5. The van der Waals surface area contributed by atoms with Crippen LogP contribution in [0, 0.1) is 0 Å². The molecule has 1 aromatic carbocycles. The molecule has 2 rings (SSSR count). The number of rotatable bonds is 5. The lowest BCUT2D eigenvalue weighted by Gasteiger charge is -2.21. The minimum absolute atomic E-state index is 0.0548. The quantitative estimate of drug-likeness (QED) is 0.909. The van der Waals surface area contributed by atoms with Crippen LogP contribution in [0.3, 0.4) is 0 Å². The Morgan fingerprint density at radius 2 is 2.10 bits per heavy atom. The van der Waals surface area contributed by atoms with E-state index in [4.69, 9.17) is 5.73 Å². The first-order chi connectivity index (χ1) is 9.58. The molecule has 1 unspecified atom stereocenters. The van der Waals surface area contributed by atoms with Crippen LogP contribution in [0.2, 0.25) is 0 Å². The molecule has 0 aliphatic heterocycles. The average molecular weight is 334 g/mol. The number of likely N-dealkylation sites (N-methyl/N-ethyl adjacent to an activating group) is 1. The summed E-state index contributed by atoms with van der Waals surface area (Å²) in [6, 6.07) is 12.4. The van der Waals surface area contributed by atoms with Gasteiger partial charge in [0.25, 0.3) is 0 Å². The maximum atomic E-state index is 5.90. The third-order valence-corrected chi connectivity index (χ3v) is 3.97. The van der Waals surface area contributed by atoms with E-state index in [1.54, 1.807) is 0 Å². The van der Waals surface area contributed by atoms with Crippen molar-refractivity contribution in [1.29, 1.82) is 0 Å². The summed E-state index contributed by atoms with van der Waals surface area (Å²) in [6.07, 6.45) is 2.77. The molecule has 20 heavy (non-hydrogen) atoms. The molecule has 1 aromatic heterocycles. The third-order valence-electron chi connectivity index (χ3n) is 3.34. The lowest BCUT2D eigenvalue weighted by atomic mass is 10.1. The van der Waals surface area contributed by atoms with Gasteiger partial charge in [0.2, 0.25) is 0 Å². The van der Waals surface area contributed by atoms with Gasteiger partial charge in [-0.2, -0.15) is 0 Å². The summed E-state index contributed by atoms with van der Waals surface area (Å²) in [7, 11) is 2.09. The number of aromatic nitrogens is 1. The highest BCUT2D eigenvalue weighted by atomic mass is 79.9. The normalized spacial score (nSPS) is 12.2. The Hall–Kier alpha value is -1.39. The van der Waals surface area contributed by atoms with Gasteiger partial charge in [-0.05, 0) is 52.7 Å². The van der Waals surface area contributed by atoms with Gasteiger partial charge >= 0.3 is 0 Å². The van der Waals surface area contributed by atoms with Crippen molar-refractivity contribution in [2.45, 2.75) is 19.4 Å². The van der Waals surface area contributed by atoms with E-state index in [9.17, 15) is 0 Å². The molecular formula is C16H20BrN3. The van der Waals surface area contributed by atoms with Crippen molar-refractivity contribution in [2.24, 2.45) is 5.73 Å². The molecule has 0 amide bonds. The zero-order valence-electron chi connectivity index (χ0n) is 11.9. The fraction of sp³-hybridized carbons (Fsp3) is 0.312. The highest BCUT2D eigenvalue weighted by molar-refractivity contribution is 9.10. The average Bonchev–Trinajstić information content (AvgIpc) is 2.45. The molecule has 0 bridgehead atoms. The van der Waals surface area contributed by atoms with Crippen LogP contribution in [-0.4, -0.2) is 18.6 Å². The van der Waals surface area contributed by atoms with Gasteiger partial charge in [0.15, 0.2) is 0 Å². The van der Waals surface area contributed by atoms with Crippen LogP contribution in [0.1, 0.15) is 24.2 Å². The van der Waals surface area contributed by atoms with Gasteiger partial charge in [0.1, 0.15) is 0 Å². The summed E-state index contributed by atoms with van der Waals surface area (Å²) >= 11 is 3.63. The van der Waals surface area contributed by atoms with Crippen molar-refractivity contribution in [1.82, 2.24) is 4.98 Å². The van der Waals surface area contributed by atoms with Crippen LogP contribution in [0.4, 0.5) is 5.69 Å². The highest BCUT2D eigenvalue weighted by Gasteiger charge is 2.08. The van der Waals surface area contributed by atoms with Crippen LogP contribution in [0.15, 0.2) is 47.1 Å². The fourth-order valence-electron chi connectivity index (χ4n) is 2.06. The summed E-state index contributed by atoms with van der Waals surface area (Å²) in [5, 5.41) is 0. The van der Waals surface area contributed by atoms with Crippen molar-refractivity contribution in [3.8, 4) is 0 Å². The van der Waals surface area contributed by atoms with Gasteiger partial charge in [0.05, 0.1) is 5.69 Å². The summed E-state index contributed by atoms with van der Waals surface area (Å²) in [6.45, 7) is 2.92. The van der Waals surface area contributed by atoms with Crippen molar-refractivity contribution >= 4 is 21.6 Å². The van der Waals surface area contributed by atoms with E-state index < -0.39 is 0 Å². The number of nitrogens with zero attached hydrogens (tertiary/aromatic N) is 2. The van der Waals surface area contributed by atoms with E-state index >= 15 is 0 Å². The lowest BCUT2D eigenvalue weighted by Crippen LogP contribution is -2.21. The number of pyridine rings is 1. The fourth-order valence-corrected chi connectivity index (χ4v) is 2.76. The number of halogens is 1. The lowest BCUT2D eigenvalue weighted by molar-refractivity contribution is 0.814. The summed E-state index contributed by atoms with van der Waals surface area (Å²) < 4.78 is 1.08. The molecule has 0 spiro atoms. The second kappa shape index (κ2) is 6.86. The van der Waals surface area contributed by atoms with Gasteiger partial charge < -0.3 is 10.6 Å². The second-order valence-electron chi connectivity index (χ2n) is 4.99. The first-order valence-corrected chi connectivity index (χ1v) is 7.53. The monoisotopic (exact) mass is 333 g/mol. The maximum absolute atomic E-state index is 5.90. The highest BCUT2D eigenvalue weighted by Crippen LogP contribution is 2.28. The Balaban J connectivity index is 2.04. The Morgan fingerprint density at radius 3 is 2.70 bits per heavy atom. The number of benzene rings is 1. The molecular weight excluding hydrogens is 314 g/mol. The number of anilines is 1. The number of hydrogen-bond donors (Lipinski definition) is 1. The van der Waals surface area contributed by atoms with Crippen LogP contribution in [0.5, 0.6) is 0 Å². The first kappa shape index (κ1) is 15.0. The van der Waals surface area contributed by atoms with Crippen molar-refractivity contribution in [3.05, 3.63) is 58.3 Å². The number of nitrogens with two attached hydrogens (primary N) is 1. The molecule has 1 heterocycles.